The van der Waals surface area contributed by atoms with E-state index >= 15 is 0 Å². The molecule has 4 rings (SSSR count). The number of aromatic amines is 1. The summed E-state index contributed by atoms with van der Waals surface area (Å²) in [5.74, 6) is 0.705. The molecule has 0 saturated heterocycles. The molecule has 0 aliphatic carbocycles. The minimum absolute atomic E-state index is 0.0649. The number of rotatable bonds is 6. The summed E-state index contributed by atoms with van der Waals surface area (Å²) in [7, 11) is 0. The Hall–Kier alpha value is -3.60. The van der Waals surface area contributed by atoms with Gasteiger partial charge in [-0.3, -0.25) is 4.79 Å². The molecule has 2 aromatic heterocycles. The average molecular weight is 370 g/mol. The van der Waals surface area contributed by atoms with Crippen molar-refractivity contribution in [2.45, 2.75) is 19.4 Å². The first kappa shape index (κ1) is 17.8. The summed E-state index contributed by atoms with van der Waals surface area (Å²) in [4.78, 5) is 20.0. The predicted octanol–water partition coefficient (Wildman–Crippen LogP) is 4.92. The second kappa shape index (κ2) is 7.96. The zero-order valence-corrected chi connectivity index (χ0v) is 15.6. The maximum atomic E-state index is 12.4. The number of para-hydroxylation sites is 1. The van der Waals surface area contributed by atoms with Crippen LogP contribution in [0.15, 0.2) is 79.1 Å². The van der Waals surface area contributed by atoms with E-state index in [1.165, 1.54) is 5.56 Å². The van der Waals surface area contributed by atoms with Crippen LogP contribution in [0.4, 0.5) is 11.5 Å². The lowest BCUT2D eigenvalue weighted by atomic mass is 10.1. The van der Waals surface area contributed by atoms with Crippen LogP contribution in [0, 0.1) is 0 Å². The van der Waals surface area contributed by atoms with E-state index in [2.05, 4.69) is 39.7 Å². The van der Waals surface area contributed by atoms with E-state index in [1.54, 1.807) is 6.20 Å². The van der Waals surface area contributed by atoms with Gasteiger partial charge in [0.05, 0.1) is 18.3 Å². The smallest absolute Gasteiger partial charge is 0.228 e. The number of benzene rings is 2. The normalized spacial score (nSPS) is 11.9. The molecule has 140 valence electrons. The molecule has 5 heteroatoms. The molecule has 2 heterocycles. The Labute approximate surface area is 163 Å². The Bertz CT molecular complexity index is 1070. The molecular weight excluding hydrogens is 348 g/mol. The molecule has 3 N–H and O–H groups in total. The van der Waals surface area contributed by atoms with Crippen molar-refractivity contribution in [1.82, 2.24) is 9.97 Å². The van der Waals surface area contributed by atoms with Crippen molar-refractivity contribution in [3.63, 3.8) is 0 Å². The lowest BCUT2D eigenvalue weighted by molar-refractivity contribution is -0.115. The fourth-order valence-corrected chi connectivity index (χ4v) is 3.26. The standard InChI is InChI=1S/C23H22N4O/c1-16(17-7-3-2-4-8-17)26-22-12-11-19(15-25-22)27-23(28)13-18-14-24-21-10-6-5-9-20(18)21/h2-12,14-16,24H,13H2,1H3,(H,25,26)(H,27,28). The first-order valence-corrected chi connectivity index (χ1v) is 9.31. The number of anilines is 2. The molecule has 0 bridgehead atoms. The van der Waals surface area contributed by atoms with Gasteiger partial charge in [0.1, 0.15) is 5.82 Å². The van der Waals surface area contributed by atoms with Crippen molar-refractivity contribution in [3.8, 4) is 0 Å². The monoisotopic (exact) mass is 370 g/mol. The maximum absolute atomic E-state index is 12.4. The van der Waals surface area contributed by atoms with Crippen LogP contribution in [0.3, 0.4) is 0 Å². The van der Waals surface area contributed by atoms with Gasteiger partial charge in [0.15, 0.2) is 0 Å². The van der Waals surface area contributed by atoms with Crippen LogP contribution in [0.2, 0.25) is 0 Å². The van der Waals surface area contributed by atoms with Crippen LogP contribution < -0.4 is 10.6 Å². The molecule has 0 fully saturated rings. The Morgan fingerprint density at radius 3 is 2.61 bits per heavy atom. The van der Waals surface area contributed by atoms with Crippen LogP contribution in [-0.4, -0.2) is 15.9 Å². The summed E-state index contributed by atoms with van der Waals surface area (Å²) in [6.45, 7) is 2.09. The Morgan fingerprint density at radius 2 is 1.82 bits per heavy atom. The molecule has 28 heavy (non-hydrogen) atoms. The van der Waals surface area contributed by atoms with E-state index in [9.17, 15) is 4.79 Å². The number of pyridine rings is 1. The highest BCUT2D eigenvalue weighted by molar-refractivity contribution is 5.95. The molecule has 0 radical (unpaired) electrons. The minimum atomic E-state index is -0.0649. The molecule has 0 spiro atoms. The summed E-state index contributed by atoms with van der Waals surface area (Å²) in [5.41, 5.74) is 3.90. The average Bonchev–Trinajstić information content (AvgIpc) is 3.13. The van der Waals surface area contributed by atoms with Crippen LogP contribution in [0.5, 0.6) is 0 Å². The molecule has 0 saturated carbocycles. The fraction of sp³-hybridized carbons (Fsp3) is 0.130. The number of carbonyl (C=O) groups is 1. The van der Waals surface area contributed by atoms with Crippen molar-refractivity contribution in [2.75, 3.05) is 10.6 Å². The third-order valence-corrected chi connectivity index (χ3v) is 4.74. The van der Waals surface area contributed by atoms with Crippen LogP contribution >= 0.6 is 0 Å². The molecule has 4 aromatic rings. The van der Waals surface area contributed by atoms with Gasteiger partial charge in [0.2, 0.25) is 5.91 Å². The van der Waals surface area contributed by atoms with E-state index in [4.69, 9.17) is 0 Å². The van der Waals surface area contributed by atoms with Crippen molar-refractivity contribution < 1.29 is 4.79 Å². The van der Waals surface area contributed by atoms with Crippen molar-refractivity contribution >= 4 is 28.3 Å². The van der Waals surface area contributed by atoms with Crippen molar-refractivity contribution in [3.05, 3.63) is 90.3 Å². The van der Waals surface area contributed by atoms with Crippen LogP contribution in [0.25, 0.3) is 10.9 Å². The highest BCUT2D eigenvalue weighted by Gasteiger charge is 2.10. The van der Waals surface area contributed by atoms with Crippen molar-refractivity contribution in [1.29, 1.82) is 0 Å². The summed E-state index contributed by atoms with van der Waals surface area (Å²) < 4.78 is 0. The summed E-state index contributed by atoms with van der Waals surface area (Å²) in [5, 5.41) is 7.36. The van der Waals surface area contributed by atoms with Gasteiger partial charge in [-0.05, 0) is 36.2 Å². The summed E-state index contributed by atoms with van der Waals surface area (Å²) >= 11 is 0. The third kappa shape index (κ3) is 4.04. The number of amides is 1. The van der Waals surface area contributed by atoms with E-state index in [1.807, 2.05) is 60.8 Å². The van der Waals surface area contributed by atoms with Gasteiger partial charge in [0, 0.05) is 23.1 Å². The molecule has 5 nitrogen and oxygen atoms in total. The Morgan fingerprint density at radius 1 is 1.04 bits per heavy atom. The number of aromatic nitrogens is 2. The molecule has 2 aromatic carbocycles. The SMILES string of the molecule is CC(Nc1ccc(NC(=O)Cc2c[nH]c3ccccc23)cn1)c1ccccc1. The molecule has 1 amide bonds. The maximum Gasteiger partial charge on any atom is 0.228 e. The number of H-pyrrole nitrogens is 1. The van der Waals surface area contributed by atoms with Gasteiger partial charge in [0.25, 0.3) is 0 Å². The van der Waals surface area contributed by atoms with Crippen LogP contribution in [0.1, 0.15) is 24.1 Å². The second-order valence-electron chi connectivity index (χ2n) is 6.79. The third-order valence-electron chi connectivity index (χ3n) is 4.74. The lowest BCUT2D eigenvalue weighted by Gasteiger charge is -2.15. The van der Waals surface area contributed by atoms with Gasteiger partial charge in [-0.15, -0.1) is 0 Å². The number of nitrogens with zero attached hydrogens (tertiary/aromatic N) is 1. The van der Waals surface area contributed by atoms with E-state index in [-0.39, 0.29) is 11.9 Å². The van der Waals surface area contributed by atoms with Gasteiger partial charge < -0.3 is 15.6 Å². The topological polar surface area (TPSA) is 69.8 Å². The largest absolute Gasteiger partial charge is 0.364 e. The Kier molecular flexibility index (Phi) is 5.06. The Balaban J connectivity index is 1.37. The number of hydrogen-bond donors (Lipinski definition) is 3. The first-order chi connectivity index (χ1) is 13.7. The molecule has 1 atom stereocenters. The quantitative estimate of drug-likeness (QED) is 0.451. The van der Waals surface area contributed by atoms with E-state index in [0.717, 1.165) is 22.3 Å². The highest BCUT2D eigenvalue weighted by atomic mass is 16.1. The summed E-state index contributed by atoms with van der Waals surface area (Å²) in [6.07, 6.45) is 3.88. The minimum Gasteiger partial charge on any atom is -0.364 e. The number of nitrogens with one attached hydrogen (secondary N) is 3. The van der Waals surface area contributed by atoms with Gasteiger partial charge >= 0.3 is 0 Å². The predicted molar refractivity (Wildman–Crippen MR) is 113 cm³/mol. The zero-order chi connectivity index (χ0) is 19.3. The van der Waals surface area contributed by atoms with Crippen molar-refractivity contribution in [2.24, 2.45) is 0 Å². The second-order valence-corrected chi connectivity index (χ2v) is 6.79. The number of hydrogen-bond acceptors (Lipinski definition) is 3. The summed E-state index contributed by atoms with van der Waals surface area (Å²) in [6, 6.07) is 22.1. The molecule has 0 aliphatic heterocycles. The molecular formula is C23H22N4O. The van der Waals surface area contributed by atoms with E-state index < -0.39 is 0 Å². The van der Waals surface area contributed by atoms with E-state index in [0.29, 0.717) is 12.1 Å². The van der Waals surface area contributed by atoms with Crippen LogP contribution in [-0.2, 0) is 11.2 Å². The molecule has 0 aliphatic rings. The van der Waals surface area contributed by atoms with Gasteiger partial charge in [-0.1, -0.05) is 48.5 Å². The number of carbonyl (C=O) groups excluding carboxylic acids is 1. The number of fused-ring (bicyclic) bond motifs is 1. The first-order valence-electron chi connectivity index (χ1n) is 9.31. The fourth-order valence-electron chi connectivity index (χ4n) is 3.26. The highest BCUT2D eigenvalue weighted by Crippen LogP contribution is 2.20. The molecule has 1 unspecified atom stereocenters. The lowest BCUT2D eigenvalue weighted by Crippen LogP contribution is -2.14. The van der Waals surface area contributed by atoms with Gasteiger partial charge in [-0.25, -0.2) is 4.98 Å². The van der Waals surface area contributed by atoms with Gasteiger partial charge in [-0.2, -0.15) is 0 Å². The zero-order valence-electron chi connectivity index (χ0n) is 15.6.